The summed E-state index contributed by atoms with van der Waals surface area (Å²) in [5.41, 5.74) is 1.20. The molecule has 0 amide bonds. The minimum Gasteiger partial charge on any atom is -0.481 e. The van der Waals surface area contributed by atoms with Gasteiger partial charge in [0, 0.05) is 23.9 Å². The molecular formula is C14H22N2O2S. The first-order valence-corrected chi connectivity index (χ1v) is 7.55. The number of carboxylic acid groups (broad SMARTS) is 1. The zero-order chi connectivity index (χ0) is 14.2. The Morgan fingerprint density at radius 1 is 1.53 bits per heavy atom. The monoisotopic (exact) mass is 282 g/mol. The van der Waals surface area contributed by atoms with E-state index in [9.17, 15) is 4.79 Å². The average molecular weight is 282 g/mol. The van der Waals surface area contributed by atoms with Crippen molar-refractivity contribution in [1.29, 1.82) is 0 Å². The molecule has 0 bridgehead atoms. The second-order valence-corrected chi connectivity index (χ2v) is 7.44. The number of likely N-dealkylation sites (tertiary alicyclic amines) is 1. The standard InChI is InChI=1S/C14H22N2O2S/c1-9-5-16(6-10(9)13(17)18)7-12-15-11(8-19-12)14(2,3)4/h8-10H,5-7H2,1-4H3,(H,17,18). The fraction of sp³-hybridized carbons (Fsp3) is 0.714. The van der Waals surface area contributed by atoms with Crippen LogP contribution < -0.4 is 0 Å². The van der Waals surface area contributed by atoms with E-state index in [2.05, 4.69) is 36.0 Å². The molecule has 1 aromatic rings. The Hall–Kier alpha value is -0.940. The van der Waals surface area contributed by atoms with Crippen molar-refractivity contribution < 1.29 is 9.90 Å². The number of rotatable bonds is 3. The van der Waals surface area contributed by atoms with Gasteiger partial charge in [-0.15, -0.1) is 11.3 Å². The zero-order valence-corrected chi connectivity index (χ0v) is 12.8. The van der Waals surface area contributed by atoms with Crippen molar-refractivity contribution in [3.8, 4) is 0 Å². The number of aliphatic carboxylic acids is 1. The normalized spacial score (nSPS) is 24.8. The van der Waals surface area contributed by atoms with Gasteiger partial charge in [0.05, 0.1) is 18.2 Å². The average Bonchev–Trinajstić information content (AvgIpc) is 2.85. The third-order valence-electron chi connectivity index (χ3n) is 3.68. The molecule has 2 unspecified atom stereocenters. The molecule has 1 saturated heterocycles. The maximum absolute atomic E-state index is 11.1. The highest BCUT2D eigenvalue weighted by molar-refractivity contribution is 7.09. The Kier molecular flexibility index (Phi) is 3.97. The first-order valence-electron chi connectivity index (χ1n) is 6.67. The quantitative estimate of drug-likeness (QED) is 0.926. The summed E-state index contributed by atoms with van der Waals surface area (Å²) in [5.74, 6) is -0.689. The third-order valence-corrected chi connectivity index (χ3v) is 4.52. The summed E-state index contributed by atoms with van der Waals surface area (Å²) >= 11 is 1.67. The molecule has 4 nitrogen and oxygen atoms in total. The van der Waals surface area contributed by atoms with Crippen molar-refractivity contribution in [2.24, 2.45) is 11.8 Å². The van der Waals surface area contributed by atoms with Crippen LogP contribution in [-0.4, -0.2) is 34.0 Å². The highest BCUT2D eigenvalue weighted by Gasteiger charge is 2.34. The fourth-order valence-corrected chi connectivity index (χ4v) is 3.50. The molecule has 0 radical (unpaired) electrons. The van der Waals surface area contributed by atoms with Crippen molar-refractivity contribution in [3.63, 3.8) is 0 Å². The first kappa shape index (κ1) is 14.5. The van der Waals surface area contributed by atoms with Crippen LogP contribution >= 0.6 is 11.3 Å². The molecule has 2 rings (SSSR count). The van der Waals surface area contributed by atoms with E-state index in [-0.39, 0.29) is 17.3 Å². The van der Waals surface area contributed by atoms with Crippen LogP contribution in [0, 0.1) is 11.8 Å². The molecular weight excluding hydrogens is 260 g/mol. The van der Waals surface area contributed by atoms with E-state index in [1.807, 2.05) is 6.92 Å². The van der Waals surface area contributed by atoms with Crippen LogP contribution in [0.25, 0.3) is 0 Å². The Morgan fingerprint density at radius 2 is 2.21 bits per heavy atom. The summed E-state index contributed by atoms with van der Waals surface area (Å²) in [4.78, 5) is 18.0. The summed E-state index contributed by atoms with van der Waals surface area (Å²) in [6.07, 6.45) is 0. The van der Waals surface area contributed by atoms with E-state index in [4.69, 9.17) is 5.11 Å². The Bertz CT molecular complexity index is 464. The molecule has 2 heterocycles. The lowest BCUT2D eigenvalue weighted by Gasteiger charge is -2.15. The fourth-order valence-electron chi connectivity index (χ4n) is 2.44. The van der Waals surface area contributed by atoms with Crippen LogP contribution in [0.5, 0.6) is 0 Å². The summed E-state index contributed by atoms with van der Waals surface area (Å²) < 4.78 is 0. The second kappa shape index (κ2) is 5.21. The molecule has 1 fully saturated rings. The molecule has 2 atom stereocenters. The molecule has 106 valence electrons. The molecule has 0 saturated carbocycles. The Morgan fingerprint density at radius 3 is 2.68 bits per heavy atom. The van der Waals surface area contributed by atoms with Crippen LogP contribution in [0.2, 0.25) is 0 Å². The molecule has 19 heavy (non-hydrogen) atoms. The molecule has 0 aliphatic carbocycles. The van der Waals surface area contributed by atoms with Gasteiger partial charge < -0.3 is 5.11 Å². The van der Waals surface area contributed by atoms with Crippen molar-refractivity contribution >= 4 is 17.3 Å². The Balaban J connectivity index is 1.99. The van der Waals surface area contributed by atoms with E-state index in [0.29, 0.717) is 6.54 Å². The van der Waals surface area contributed by atoms with Gasteiger partial charge in [0.1, 0.15) is 5.01 Å². The van der Waals surface area contributed by atoms with Crippen molar-refractivity contribution in [1.82, 2.24) is 9.88 Å². The molecule has 0 aromatic carbocycles. The smallest absolute Gasteiger partial charge is 0.308 e. The van der Waals surface area contributed by atoms with Gasteiger partial charge in [-0.3, -0.25) is 9.69 Å². The van der Waals surface area contributed by atoms with Gasteiger partial charge in [0.25, 0.3) is 0 Å². The van der Waals surface area contributed by atoms with Crippen molar-refractivity contribution in [3.05, 3.63) is 16.1 Å². The van der Waals surface area contributed by atoms with Gasteiger partial charge >= 0.3 is 5.97 Å². The predicted octanol–water partition coefficient (Wildman–Crippen LogP) is 2.59. The van der Waals surface area contributed by atoms with Gasteiger partial charge in [-0.05, 0) is 5.92 Å². The number of carboxylic acids is 1. The van der Waals surface area contributed by atoms with Crippen molar-refractivity contribution in [2.45, 2.75) is 39.7 Å². The van der Waals surface area contributed by atoms with Crippen LogP contribution in [-0.2, 0) is 16.8 Å². The first-order chi connectivity index (χ1) is 8.77. The van der Waals surface area contributed by atoms with E-state index < -0.39 is 5.97 Å². The van der Waals surface area contributed by atoms with Crippen LogP contribution in [0.1, 0.15) is 38.4 Å². The maximum atomic E-state index is 11.1. The second-order valence-electron chi connectivity index (χ2n) is 6.49. The zero-order valence-electron chi connectivity index (χ0n) is 12.0. The van der Waals surface area contributed by atoms with Gasteiger partial charge in [-0.25, -0.2) is 4.98 Å². The number of hydrogen-bond donors (Lipinski definition) is 1. The molecule has 1 aliphatic heterocycles. The van der Waals surface area contributed by atoms with Crippen LogP contribution in [0.15, 0.2) is 5.38 Å². The topological polar surface area (TPSA) is 53.4 Å². The number of aromatic nitrogens is 1. The maximum Gasteiger partial charge on any atom is 0.308 e. The lowest BCUT2D eigenvalue weighted by molar-refractivity contribution is -0.142. The molecule has 0 spiro atoms. The molecule has 5 heteroatoms. The number of hydrogen-bond acceptors (Lipinski definition) is 4. The summed E-state index contributed by atoms with van der Waals surface area (Å²) in [7, 11) is 0. The van der Waals surface area contributed by atoms with E-state index >= 15 is 0 Å². The number of nitrogens with zero attached hydrogens (tertiary/aromatic N) is 2. The van der Waals surface area contributed by atoms with Crippen LogP contribution in [0.3, 0.4) is 0 Å². The minimum atomic E-state index is -0.676. The summed E-state index contributed by atoms with van der Waals surface area (Å²) in [6.45, 7) is 10.7. The third kappa shape index (κ3) is 3.34. The summed E-state index contributed by atoms with van der Waals surface area (Å²) in [5, 5.41) is 12.3. The van der Waals surface area contributed by atoms with Gasteiger partial charge in [0.15, 0.2) is 0 Å². The van der Waals surface area contributed by atoms with Crippen LogP contribution in [0.4, 0.5) is 0 Å². The van der Waals surface area contributed by atoms with Gasteiger partial charge in [-0.1, -0.05) is 27.7 Å². The summed E-state index contributed by atoms with van der Waals surface area (Å²) in [6, 6.07) is 0. The predicted molar refractivity (Wildman–Crippen MR) is 76.4 cm³/mol. The SMILES string of the molecule is CC1CN(Cc2nc(C(C)(C)C)cs2)CC1C(=O)O. The van der Waals surface area contributed by atoms with Gasteiger partial charge in [0.2, 0.25) is 0 Å². The molecule has 1 aliphatic rings. The largest absolute Gasteiger partial charge is 0.481 e. The lowest BCUT2D eigenvalue weighted by atomic mass is 9.93. The lowest BCUT2D eigenvalue weighted by Crippen LogP contribution is -2.23. The van der Waals surface area contributed by atoms with E-state index in [0.717, 1.165) is 23.8 Å². The van der Waals surface area contributed by atoms with E-state index in [1.165, 1.54) is 0 Å². The van der Waals surface area contributed by atoms with Crippen molar-refractivity contribution in [2.75, 3.05) is 13.1 Å². The molecule has 1 aromatic heterocycles. The minimum absolute atomic E-state index is 0.0800. The Labute approximate surface area is 118 Å². The highest BCUT2D eigenvalue weighted by atomic mass is 32.1. The molecule has 1 N–H and O–H groups in total. The number of carbonyl (C=O) groups is 1. The van der Waals surface area contributed by atoms with Gasteiger partial charge in [-0.2, -0.15) is 0 Å². The highest BCUT2D eigenvalue weighted by Crippen LogP contribution is 2.28. The number of thiazole rings is 1. The van der Waals surface area contributed by atoms with E-state index in [1.54, 1.807) is 11.3 Å².